The summed E-state index contributed by atoms with van der Waals surface area (Å²) in [4.78, 5) is 4.04. The lowest BCUT2D eigenvalue weighted by molar-refractivity contribution is -0.127. The third kappa shape index (κ3) is 19.7. The molecular weight excluding hydrogens is 733 g/mol. The van der Waals surface area contributed by atoms with Gasteiger partial charge in [0.2, 0.25) is 0 Å². The van der Waals surface area contributed by atoms with Crippen molar-refractivity contribution in [3.05, 3.63) is 53.4 Å². The lowest BCUT2D eigenvalue weighted by atomic mass is 10.0. The molecule has 13 nitrogen and oxygen atoms in total. The van der Waals surface area contributed by atoms with Crippen LogP contribution in [-0.2, 0) is 23.1 Å². The van der Waals surface area contributed by atoms with Gasteiger partial charge in [0, 0.05) is 13.2 Å². The zero-order valence-corrected chi connectivity index (χ0v) is 34.1. The van der Waals surface area contributed by atoms with Gasteiger partial charge in [-0.25, -0.2) is 19.3 Å². The Kier molecular flexibility index (Phi) is 23.6. The molecule has 0 bridgehead atoms. The van der Waals surface area contributed by atoms with Crippen molar-refractivity contribution in [3.8, 4) is 12.3 Å². The molecule has 1 aromatic carbocycles. The van der Waals surface area contributed by atoms with Crippen molar-refractivity contribution < 1.29 is 37.8 Å². The van der Waals surface area contributed by atoms with Crippen LogP contribution < -0.4 is 10.3 Å². The van der Waals surface area contributed by atoms with Gasteiger partial charge in [0.25, 0.3) is 0 Å². The highest BCUT2D eigenvalue weighted by atomic mass is 35.5. The van der Waals surface area contributed by atoms with Crippen LogP contribution in [0.3, 0.4) is 0 Å². The quantitative estimate of drug-likeness (QED) is 0.0420. The number of nitrogens with zero attached hydrogens (tertiary/aromatic N) is 4. The van der Waals surface area contributed by atoms with E-state index in [1.165, 1.54) is 97.2 Å². The Bertz CT molecular complexity index is 1500. The summed E-state index contributed by atoms with van der Waals surface area (Å²) in [5, 5.41) is 27.3. The first-order valence-corrected chi connectivity index (χ1v) is 21.2. The molecule has 0 radical (unpaired) electrons. The number of unbranched alkanes of at least 4 members (excludes halogenated alkanes) is 13. The molecule has 15 heteroatoms. The van der Waals surface area contributed by atoms with E-state index in [2.05, 4.69) is 23.6 Å². The van der Waals surface area contributed by atoms with Crippen molar-refractivity contribution >= 4 is 30.8 Å². The Morgan fingerprint density at radius 2 is 1.50 bits per heavy atom. The number of nitrogens with two attached hydrogens (primary N) is 1. The van der Waals surface area contributed by atoms with E-state index >= 15 is 0 Å². The summed E-state index contributed by atoms with van der Waals surface area (Å²) < 4.78 is 44.7. The van der Waals surface area contributed by atoms with Crippen LogP contribution in [0.15, 0.2) is 42.7 Å². The lowest BCUT2D eigenvalue weighted by Gasteiger charge is -2.21. The van der Waals surface area contributed by atoms with Crippen molar-refractivity contribution in [1.82, 2.24) is 14.6 Å². The van der Waals surface area contributed by atoms with Crippen LogP contribution in [0.25, 0.3) is 5.52 Å². The summed E-state index contributed by atoms with van der Waals surface area (Å²) in [5.41, 5.74) is 7.58. The highest BCUT2D eigenvalue weighted by molar-refractivity contribution is 7.48. The molecule has 2 aromatic heterocycles. The minimum absolute atomic E-state index is 0.0264. The minimum Gasteiger partial charge on any atom is -0.402 e. The van der Waals surface area contributed by atoms with Gasteiger partial charge >= 0.3 is 7.82 Å². The Labute approximate surface area is 327 Å². The van der Waals surface area contributed by atoms with Gasteiger partial charge in [0.05, 0.1) is 36.6 Å². The Balaban J connectivity index is 0.00000133. The number of aromatic nitrogens is 3. The fraction of sp³-hybridized carbons (Fsp3) is 0.667. The molecule has 0 spiro atoms. The Hall–Kier alpha value is -2.79. The van der Waals surface area contributed by atoms with Crippen molar-refractivity contribution in [3.63, 3.8) is 0 Å². The van der Waals surface area contributed by atoms with E-state index in [4.69, 9.17) is 55.9 Å². The standard InChI is InChI=1S/C35H54ClN4O6P.C3H8O2.CHN/c1-2-3-4-5-6-7-8-9-10-11-12-13-14-17-24-42-25-26-43-47(41,46-33-19-16-15-18-30(33)36)44-27-29-20-23-34(45-29)31-21-22-32-35(37)38-28-39-40(31)32;1-3(2,4)5;1-2/h15-16,18-19,21-22,28-29,34H,2-14,17,20,23-27H2,1H3,(H2,37,38,39);4-5H,1-2H3;1H. The normalized spacial score (nSPS) is 16.6. The second-order valence-electron chi connectivity index (χ2n) is 13.8. The molecule has 54 heavy (non-hydrogen) atoms. The van der Waals surface area contributed by atoms with Gasteiger partial charge in [-0.15, -0.1) is 0 Å². The Morgan fingerprint density at radius 1 is 0.907 bits per heavy atom. The zero-order valence-electron chi connectivity index (χ0n) is 32.5. The molecule has 0 saturated carbocycles. The fourth-order valence-electron chi connectivity index (χ4n) is 5.88. The molecule has 3 unspecified atom stereocenters. The maximum Gasteiger partial charge on any atom is 0.530 e. The van der Waals surface area contributed by atoms with E-state index in [0.717, 1.165) is 30.5 Å². The number of ether oxygens (including phenoxy) is 2. The summed E-state index contributed by atoms with van der Waals surface area (Å²) in [6.07, 6.45) is 20.8. The van der Waals surface area contributed by atoms with Gasteiger partial charge in [-0.2, -0.15) is 5.10 Å². The number of phosphoric acid groups is 1. The second kappa shape index (κ2) is 26.9. The topological polar surface area (TPSA) is 184 Å². The van der Waals surface area contributed by atoms with Gasteiger partial charge in [-0.1, -0.05) is 114 Å². The molecule has 1 saturated heterocycles. The zero-order chi connectivity index (χ0) is 39.7. The van der Waals surface area contributed by atoms with Crippen molar-refractivity contribution in [2.45, 2.75) is 141 Å². The van der Waals surface area contributed by atoms with Crippen LogP contribution in [0.2, 0.25) is 5.02 Å². The summed E-state index contributed by atoms with van der Waals surface area (Å²) >= 11 is 6.28. The number of nitriles is 1. The third-order valence-corrected chi connectivity index (χ3v) is 10.2. The van der Waals surface area contributed by atoms with E-state index in [9.17, 15) is 4.57 Å². The summed E-state index contributed by atoms with van der Waals surface area (Å²) in [6, 6.07) is 10.6. The number of para-hydroxylation sites is 1. The first-order chi connectivity index (χ1) is 26.0. The van der Waals surface area contributed by atoms with E-state index < -0.39 is 13.6 Å². The number of rotatable bonds is 25. The van der Waals surface area contributed by atoms with E-state index in [-0.39, 0.29) is 37.8 Å². The van der Waals surface area contributed by atoms with Crippen LogP contribution >= 0.6 is 19.4 Å². The van der Waals surface area contributed by atoms with Gasteiger partial charge < -0.3 is 29.9 Å². The van der Waals surface area contributed by atoms with Crippen LogP contribution in [-0.4, -0.2) is 63.1 Å². The molecule has 3 aromatic rings. The number of hydrogen-bond donors (Lipinski definition) is 3. The van der Waals surface area contributed by atoms with Crippen molar-refractivity contribution in [2.24, 2.45) is 0 Å². The highest BCUT2D eigenvalue weighted by Gasteiger charge is 2.35. The maximum absolute atomic E-state index is 13.7. The van der Waals surface area contributed by atoms with E-state index in [1.54, 1.807) is 28.8 Å². The molecule has 3 atom stereocenters. The predicted octanol–water partition coefficient (Wildman–Crippen LogP) is 9.75. The molecule has 1 fully saturated rings. The average molecular weight is 796 g/mol. The second-order valence-corrected chi connectivity index (χ2v) is 15.8. The smallest absolute Gasteiger partial charge is 0.402 e. The Morgan fingerprint density at radius 3 is 2.11 bits per heavy atom. The van der Waals surface area contributed by atoms with Crippen LogP contribution in [0.1, 0.15) is 135 Å². The minimum atomic E-state index is -4.02. The first-order valence-electron chi connectivity index (χ1n) is 19.3. The SMILES string of the molecule is C#N.CC(C)(O)O.CCCCCCCCCCCCCCCCOCCOP(=O)(OCC1CCC(c2ccc3c(N)ncnn23)O1)Oc1ccccc1Cl. The maximum atomic E-state index is 13.7. The molecule has 3 heterocycles. The monoisotopic (exact) mass is 795 g/mol. The molecule has 4 N–H and O–H groups in total. The molecule has 4 rings (SSSR count). The molecule has 1 aliphatic rings. The summed E-state index contributed by atoms with van der Waals surface area (Å²) in [6.45, 7) is 9.38. The number of aliphatic hydroxyl groups is 2. The number of phosphoric ester groups is 1. The summed E-state index contributed by atoms with van der Waals surface area (Å²) in [5.74, 6) is -0.870. The highest BCUT2D eigenvalue weighted by Crippen LogP contribution is 2.51. The van der Waals surface area contributed by atoms with E-state index in [0.29, 0.717) is 23.9 Å². The number of benzene rings is 1. The number of fused-ring (bicyclic) bond motifs is 1. The first kappa shape index (κ1) is 47.4. The van der Waals surface area contributed by atoms with Crippen molar-refractivity contribution in [2.75, 3.05) is 32.2 Å². The number of halogens is 1. The van der Waals surface area contributed by atoms with E-state index in [1.807, 2.05) is 12.1 Å². The van der Waals surface area contributed by atoms with Crippen LogP contribution in [0.5, 0.6) is 5.75 Å². The third-order valence-electron chi connectivity index (χ3n) is 8.53. The number of nitrogen functional groups attached to an aromatic ring is 1. The van der Waals surface area contributed by atoms with Crippen LogP contribution in [0.4, 0.5) is 5.82 Å². The number of anilines is 1. The van der Waals surface area contributed by atoms with Gasteiger partial charge in [-0.3, -0.25) is 9.05 Å². The molecule has 304 valence electrons. The van der Waals surface area contributed by atoms with Gasteiger partial charge in [0.15, 0.2) is 11.6 Å². The number of hydrogen-bond acceptors (Lipinski definition) is 12. The molecule has 1 aliphatic heterocycles. The van der Waals surface area contributed by atoms with Crippen molar-refractivity contribution in [1.29, 1.82) is 5.26 Å². The predicted molar refractivity (Wildman–Crippen MR) is 212 cm³/mol. The van der Waals surface area contributed by atoms with Gasteiger partial charge in [-0.05, 0) is 57.4 Å². The molecule has 0 amide bonds. The largest absolute Gasteiger partial charge is 0.530 e. The molecular formula is C39H63ClN5O8P. The van der Waals surface area contributed by atoms with Crippen LogP contribution in [0, 0.1) is 11.8 Å². The average Bonchev–Trinajstić information content (AvgIpc) is 3.80. The van der Waals surface area contributed by atoms with Gasteiger partial charge in [0.1, 0.15) is 23.7 Å². The lowest BCUT2D eigenvalue weighted by Crippen LogP contribution is -2.17. The summed E-state index contributed by atoms with van der Waals surface area (Å²) in [7, 11) is -4.02. The molecule has 0 aliphatic carbocycles. The fourth-order valence-corrected chi connectivity index (χ4v) is 7.33.